The Bertz CT molecular complexity index is 377. The van der Waals surface area contributed by atoms with Crippen LogP contribution < -0.4 is 0 Å². The standard InChI is InChI=1S/C14H23N/c1-6-11-10(2)13(14(3,4)5)12-8-7-9-15(11)12/h6-9H2,1-5H3. The third-order valence-corrected chi connectivity index (χ3v) is 3.63. The van der Waals surface area contributed by atoms with Gasteiger partial charge in [-0.3, -0.25) is 0 Å². The van der Waals surface area contributed by atoms with E-state index in [4.69, 9.17) is 0 Å². The molecule has 0 fully saturated rings. The molecule has 1 aliphatic heterocycles. The second-order valence-corrected chi connectivity index (χ2v) is 5.75. The minimum atomic E-state index is 0.304. The summed E-state index contributed by atoms with van der Waals surface area (Å²) >= 11 is 0. The van der Waals surface area contributed by atoms with Gasteiger partial charge in [-0.25, -0.2) is 0 Å². The highest BCUT2D eigenvalue weighted by Crippen LogP contribution is 2.36. The summed E-state index contributed by atoms with van der Waals surface area (Å²) in [7, 11) is 0. The van der Waals surface area contributed by atoms with Crippen LogP contribution in [0.15, 0.2) is 0 Å². The second kappa shape index (κ2) is 3.40. The van der Waals surface area contributed by atoms with Crippen molar-refractivity contribution in [3.05, 3.63) is 22.5 Å². The summed E-state index contributed by atoms with van der Waals surface area (Å²) in [6.07, 6.45) is 3.80. The lowest BCUT2D eigenvalue weighted by atomic mass is 9.83. The Labute approximate surface area is 93.5 Å². The number of fused-ring (bicyclic) bond motifs is 1. The highest BCUT2D eigenvalue weighted by atomic mass is 15.0. The Morgan fingerprint density at radius 2 is 1.93 bits per heavy atom. The van der Waals surface area contributed by atoms with Crippen LogP contribution in [0.2, 0.25) is 0 Å². The quantitative estimate of drug-likeness (QED) is 0.660. The fourth-order valence-corrected chi connectivity index (χ4v) is 3.25. The molecule has 0 radical (unpaired) electrons. The van der Waals surface area contributed by atoms with Crippen LogP contribution in [0.1, 0.15) is 56.6 Å². The van der Waals surface area contributed by atoms with Crippen molar-refractivity contribution >= 4 is 0 Å². The van der Waals surface area contributed by atoms with Crippen molar-refractivity contribution in [2.45, 2.75) is 65.8 Å². The summed E-state index contributed by atoms with van der Waals surface area (Å²) in [4.78, 5) is 0. The molecule has 0 atom stereocenters. The van der Waals surface area contributed by atoms with Gasteiger partial charge in [0.15, 0.2) is 0 Å². The van der Waals surface area contributed by atoms with Gasteiger partial charge in [-0.15, -0.1) is 0 Å². The molecule has 0 aliphatic carbocycles. The predicted octanol–water partition coefficient (Wildman–Crippen LogP) is 3.60. The molecule has 0 spiro atoms. The third kappa shape index (κ3) is 1.53. The number of hydrogen-bond acceptors (Lipinski definition) is 0. The van der Waals surface area contributed by atoms with Gasteiger partial charge in [0.25, 0.3) is 0 Å². The lowest BCUT2D eigenvalue weighted by Gasteiger charge is -2.20. The van der Waals surface area contributed by atoms with Crippen LogP contribution >= 0.6 is 0 Å². The van der Waals surface area contributed by atoms with Gasteiger partial charge in [0.2, 0.25) is 0 Å². The lowest BCUT2D eigenvalue weighted by molar-refractivity contribution is 0.580. The summed E-state index contributed by atoms with van der Waals surface area (Å²) in [6.45, 7) is 12.9. The van der Waals surface area contributed by atoms with Crippen molar-refractivity contribution < 1.29 is 0 Å². The number of aromatic nitrogens is 1. The molecule has 0 saturated carbocycles. The van der Waals surface area contributed by atoms with E-state index < -0.39 is 0 Å². The second-order valence-electron chi connectivity index (χ2n) is 5.75. The molecule has 2 heterocycles. The fourth-order valence-electron chi connectivity index (χ4n) is 3.25. The number of hydrogen-bond donors (Lipinski definition) is 0. The molecule has 0 amide bonds. The molecule has 0 aromatic carbocycles. The first kappa shape index (κ1) is 10.8. The Morgan fingerprint density at radius 3 is 2.47 bits per heavy atom. The topological polar surface area (TPSA) is 4.93 Å². The minimum Gasteiger partial charge on any atom is -0.348 e. The van der Waals surface area contributed by atoms with E-state index in [9.17, 15) is 0 Å². The molecule has 15 heavy (non-hydrogen) atoms. The SMILES string of the molecule is CCc1c(C)c(C(C)(C)C)c2n1CCC2. The van der Waals surface area contributed by atoms with E-state index in [-0.39, 0.29) is 0 Å². The average molecular weight is 205 g/mol. The Kier molecular flexibility index (Phi) is 2.44. The molecule has 0 unspecified atom stereocenters. The van der Waals surface area contributed by atoms with Crippen LogP contribution in [0.4, 0.5) is 0 Å². The van der Waals surface area contributed by atoms with Crippen LogP contribution in [0, 0.1) is 6.92 Å². The molecule has 0 bridgehead atoms. The average Bonchev–Trinajstić information content (AvgIpc) is 2.60. The van der Waals surface area contributed by atoms with Crippen molar-refractivity contribution in [3.63, 3.8) is 0 Å². The van der Waals surface area contributed by atoms with E-state index in [0.29, 0.717) is 5.41 Å². The zero-order valence-electron chi connectivity index (χ0n) is 10.8. The van der Waals surface area contributed by atoms with Crippen LogP contribution in [0.5, 0.6) is 0 Å². The largest absolute Gasteiger partial charge is 0.348 e. The monoisotopic (exact) mass is 205 g/mol. The molecule has 0 saturated heterocycles. The van der Waals surface area contributed by atoms with Gasteiger partial charge in [0.05, 0.1) is 0 Å². The van der Waals surface area contributed by atoms with Gasteiger partial charge in [-0.1, -0.05) is 27.7 Å². The van der Waals surface area contributed by atoms with Gasteiger partial charge >= 0.3 is 0 Å². The first-order valence-corrected chi connectivity index (χ1v) is 6.18. The van der Waals surface area contributed by atoms with Crippen LogP contribution in [0.25, 0.3) is 0 Å². The molecular formula is C14H23N. The molecular weight excluding hydrogens is 182 g/mol. The van der Waals surface area contributed by atoms with Crippen LogP contribution in [0.3, 0.4) is 0 Å². The Hall–Kier alpha value is -0.720. The van der Waals surface area contributed by atoms with E-state index in [1.807, 2.05) is 0 Å². The fraction of sp³-hybridized carbons (Fsp3) is 0.714. The van der Waals surface area contributed by atoms with E-state index in [0.717, 1.165) is 0 Å². The van der Waals surface area contributed by atoms with Gasteiger partial charge in [-0.2, -0.15) is 0 Å². The third-order valence-electron chi connectivity index (χ3n) is 3.63. The molecule has 0 N–H and O–H groups in total. The van der Waals surface area contributed by atoms with Crippen molar-refractivity contribution in [2.75, 3.05) is 0 Å². The van der Waals surface area contributed by atoms with E-state index in [2.05, 4.69) is 39.2 Å². The molecule has 1 nitrogen and oxygen atoms in total. The molecule has 1 aliphatic rings. The van der Waals surface area contributed by atoms with Crippen molar-refractivity contribution in [1.29, 1.82) is 0 Å². The number of rotatable bonds is 1. The minimum absolute atomic E-state index is 0.304. The maximum atomic E-state index is 2.58. The summed E-state index contributed by atoms with van der Waals surface area (Å²) in [5.74, 6) is 0. The Morgan fingerprint density at radius 1 is 1.27 bits per heavy atom. The maximum Gasteiger partial charge on any atom is 0.0228 e. The molecule has 84 valence electrons. The van der Waals surface area contributed by atoms with Crippen molar-refractivity contribution in [2.24, 2.45) is 0 Å². The first-order chi connectivity index (χ1) is 6.96. The van der Waals surface area contributed by atoms with Gasteiger partial charge in [-0.05, 0) is 42.7 Å². The van der Waals surface area contributed by atoms with Crippen molar-refractivity contribution in [1.82, 2.24) is 4.57 Å². The summed E-state index contributed by atoms with van der Waals surface area (Å²) in [5.41, 5.74) is 6.68. The normalized spacial score (nSPS) is 15.8. The van der Waals surface area contributed by atoms with Crippen LogP contribution in [-0.2, 0) is 24.8 Å². The zero-order valence-corrected chi connectivity index (χ0v) is 10.8. The smallest absolute Gasteiger partial charge is 0.0228 e. The van der Waals surface area contributed by atoms with E-state index >= 15 is 0 Å². The molecule has 1 aromatic rings. The zero-order chi connectivity index (χ0) is 11.2. The maximum absolute atomic E-state index is 2.58. The van der Waals surface area contributed by atoms with Crippen LogP contribution in [-0.4, -0.2) is 4.57 Å². The van der Waals surface area contributed by atoms with Crippen molar-refractivity contribution in [3.8, 4) is 0 Å². The molecule has 1 aromatic heterocycles. The van der Waals surface area contributed by atoms with E-state index in [1.165, 1.54) is 25.8 Å². The Balaban J connectivity index is 2.65. The summed E-state index contributed by atoms with van der Waals surface area (Å²) < 4.78 is 2.58. The van der Waals surface area contributed by atoms with Gasteiger partial charge in [0.1, 0.15) is 0 Å². The lowest BCUT2D eigenvalue weighted by Crippen LogP contribution is -2.14. The van der Waals surface area contributed by atoms with Gasteiger partial charge < -0.3 is 4.57 Å². The van der Waals surface area contributed by atoms with E-state index in [1.54, 1.807) is 22.5 Å². The van der Waals surface area contributed by atoms with Gasteiger partial charge in [0, 0.05) is 17.9 Å². The number of nitrogens with zero attached hydrogens (tertiary/aromatic N) is 1. The summed E-state index contributed by atoms with van der Waals surface area (Å²) in [6, 6.07) is 0. The highest BCUT2D eigenvalue weighted by Gasteiger charge is 2.29. The highest BCUT2D eigenvalue weighted by molar-refractivity contribution is 5.43. The molecule has 2 rings (SSSR count). The predicted molar refractivity (Wildman–Crippen MR) is 65.6 cm³/mol. The first-order valence-electron chi connectivity index (χ1n) is 6.18. The summed E-state index contributed by atoms with van der Waals surface area (Å²) in [5, 5.41) is 0. The molecule has 1 heteroatoms.